The van der Waals surface area contributed by atoms with Crippen molar-refractivity contribution in [2.45, 2.75) is 421 Å². The maximum absolute atomic E-state index is 13.4. The molecule has 0 bridgehead atoms. The van der Waals surface area contributed by atoms with Crippen LogP contribution in [0.4, 0.5) is 0 Å². The highest BCUT2D eigenvalue weighted by atomic mass is 16.7. The van der Waals surface area contributed by atoms with Crippen LogP contribution < -0.4 is 5.32 Å². The second kappa shape index (κ2) is 56.0. The molecule has 2 saturated heterocycles. The highest BCUT2D eigenvalue weighted by Gasteiger charge is 2.51. The Morgan fingerprint density at radius 1 is 0.381 bits per heavy atom. The van der Waals surface area contributed by atoms with E-state index in [2.05, 4.69) is 19.2 Å². The van der Waals surface area contributed by atoms with Gasteiger partial charge in [0.25, 0.3) is 0 Å². The lowest BCUT2D eigenvalue weighted by atomic mass is 9.97. The largest absolute Gasteiger partial charge is 0.394 e. The third-order valence-electron chi connectivity index (χ3n) is 18.3. The summed E-state index contributed by atoms with van der Waals surface area (Å²) in [6, 6.07) is -0.824. The van der Waals surface area contributed by atoms with Crippen LogP contribution in [0.25, 0.3) is 0 Å². The van der Waals surface area contributed by atoms with E-state index in [1.807, 2.05) is 0 Å². The SMILES string of the molecule is CCCCCCCCCCCCCCCCCCCCCCCCCCCC(=O)NC(COC1OC(CO)C(OC2OC(CO)C(O)C(O)C2O)C(O)C1O)C(O)CCCCCCCCCCCCCCCCCCCCCCCCCCC. The van der Waals surface area contributed by atoms with E-state index >= 15 is 0 Å². The summed E-state index contributed by atoms with van der Waals surface area (Å²) in [5.74, 6) is -0.196. The molecule has 2 rings (SSSR count). The Morgan fingerprint density at radius 2 is 0.679 bits per heavy atom. The summed E-state index contributed by atoms with van der Waals surface area (Å²) < 4.78 is 22.9. The summed E-state index contributed by atoms with van der Waals surface area (Å²) in [5.41, 5.74) is 0. The lowest BCUT2D eigenvalue weighted by Crippen LogP contribution is -2.65. The maximum atomic E-state index is 13.4. The molecule has 14 nitrogen and oxygen atoms in total. The Bertz CT molecular complexity index is 1410. The van der Waals surface area contributed by atoms with Crippen molar-refractivity contribution in [3.8, 4) is 0 Å². The predicted octanol–water partition coefficient (Wildman–Crippen LogP) is 14.8. The van der Waals surface area contributed by atoms with E-state index in [1.165, 1.54) is 270 Å². The zero-order valence-corrected chi connectivity index (χ0v) is 54.4. The van der Waals surface area contributed by atoms with Gasteiger partial charge in [0, 0.05) is 6.42 Å². The van der Waals surface area contributed by atoms with Crippen molar-refractivity contribution in [3.63, 3.8) is 0 Å². The van der Waals surface area contributed by atoms with Gasteiger partial charge < -0.3 is 65.1 Å². The number of nitrogens with one attached hydrogen (secondary N) is 1. The monoisotopic (exact) mass is 1200 g/mol. The maximum Gasteiger partial charge on any atom is 0.220 e. The number of amides is 1. The number of aliphatic hydroxyl groups is 8. The van der Waals surface area contributed by atoms with E-state index in [9.17, 15) is 45.6 Å². The third kappa shape index (κ3) is 39.9. The number of hydrogen-bond donors (Lipinski definition) is 9. The number of aliphatic hydroxyl groups excluding tert-OH is 8. The summed E-state index contributed by atoms with van der Waals surface area (Å²) in [7, 11) is 0. The molecule has 0 aromatic rings. The number of hydrogen-bond acceptors (Lipinski definition) is 13. The molecule has 0 aliphatic carbocycles. The van der Waals surface area contributed by atoms with Gasteiger partial charge in [-0.15, -0.1) is 0 Å². The van der Waals surface area contributed by atoms with E-state index in [0.29, 0.717) is 12.8 Å². The minimum atomic E-state index is -1.78. The van der Waals surface area contributed by atoms with Crippen LogP contribution in [0, 0.1) is 0 Å². The summed E-state index contributed by atoms with van der Waals surface area (Å²) in [6.45, 7) is 2.94. The molecule has 0 aromatic heterocycles. The molecule has 12 unspecified atom stereocenters. The Balaban J connectivity index is 1.65. The Labute approximate surface area is 514 Å². The molecule has 2 heterocycles. The van der Waals surface area contributed by atoms with Gasteiger partial charge in [-0.3, -0.25) is 4.79 Å². The molecular formula is C70H137NO13. The second-order valence-corrected chi connectivity index (χ2v) is 26.1. The van der Waals surface area contributed by atoms with Crippen LogP contribution in [0.2, 0.25) is 0 Å². The first-order valence-corrected chi connectivity index (χ1v) is 36.3. The van der Waals surface area contributed by atoms with Crippen LogP contribution in [0.5, 0.6) is 0 Å². The van der Waals surface area contributed by atoms with Crippen molar-refractivity contribution < 1.29 is 64.6 Å². The Morgan fingerprint density at radius 3 is 1.01 bits per heavy atom. The molecule has 1 amide bonds. The molecule has 2 aliphatic rings. The van der Waals surface area contributed by atoms with Crippen molar-refractivity contribution in [2.24, 2.45) is 0 Å². The lowest BCUT2D eigenvalue weighted by Gasteiger charge is -2.46. The fourth-order valence-electron chi connectivity index (χ4n) is 12.5. The van der Waals surface area contributed by atoms with Gasteiger partial charge in [0.2, 0.25) is 5.91 Å². The highest BCUT2D eigenvalue weighted by Crippen LogP contribution is 2.30. The van der Waals surface area contributed by atoms with E-state index in [-0.39, 0.29) is 12.5 Å². The molecule has 14 heteroatoms. The minimum absolute atomic E-state index is 0.196. The zero-order chi connectivity index (χ0) is 60.9. The number of ether oxygens (including phenoxy) is 4. The van der Waals surface area contributed by atoms with Crippen molar-refractivity contribution >= 4 is 5.91 Å². The lowest BCUT2D eigenvalue weighted by molar-refractivity contribution is -0.359. The van der Waals surface area contributed by atoms with E-state index in [0.717, 1.165) is 51.4 Å². The number of carbonyl (C=O) groups excluding carboxylic acids is 1. The fraction of sp³-hybridized carbons (Fsp3) is 0.986. The molecule has 0 radical (unpaired) electrons. The van der Waals surface area contributed by atoms with Crippen molar-refractivity contribution in [1.82, 2.24) is 5.32 Å². The molecular weight excluding hydrogens is 1060 g/mol. The molecule has 12 atom stereocenters. The highest BCUT2D eigenvalue weighted by molar-refractivity contribution is 5.76. The smallest absolute Gasteiger partial charge is 0.220 e. The van der Waals surface area contributed by atoms with Crippen molar-refractivity contribution in [3.05, 3.63) is 0 Å². The van der Waals surface area contributed by atoms with Crippen molar-refractivity contribution in [1.29, 1.82) is 0 Å². The van der Waals surface area contributed by atoms with Crippen molar-refractivity contribution in [2.75, 3.05) is 19.8 Å². The summed E-state index contributed by atoms with van der Waals surface area (Å²) in [5, 5.41) is 87.7. The first-order valence-electron chi connectivity index (χ1n) is 36.3. The number of carbonyl (C=O) groups is 1. The van der Waals surface area contributed by atoms with Gasteiger partial charge in [0.15, 0.2) is 12.6 Å². The van der Waals surface area contributed by atoms with Gasteiger partial charge in [0.05, 0.1) is 32.0 Å². The molecule has 500 valence electrons. The van der Waals surface area contributed by atoms with Gasteiger partial charge in [-0.25, -0.2) is 0 Å². The molecule has 0 saturated carbocycles. The average molecular weight is 1200 g/mol. The second-order valence-electron chi connectivity index (χ2n) is 26.1. The fourth-order valence-corrected chi connectivity index (χ4v) is 12.5. The molecule has 0 spiro atoms. The van der Waals surface area contributed by atoms with E-state index < -0.39 is 86.8 Å². The van der Waals surface area contributed by atoms with Gasteiger partial charge >= 0.3 is 0 Å². The predicted molar refractivity (Wildman–Crippen MR) is 342 cm³/mol. The Hall–Kier alpha value is -1.01. The third-order valence-corrected chi connectivity index (χ3v) is 18.3. The minimum Gasteiger partial charge on any atom is -0.394 e. The van der Waals surface area contributed by atoms with Gasteiger partial charge in [-0.05, 0) is 12.8 Å². The summed E-state index contributed by atoms with van der Waals surface area (Å²) in [6.07, 6.45) is 49.8. The van der Waals surface area contributed by atoms with Gasteiger partial charge in [-0.1, -0.05) is 328 Å². The topological polar surface area (TPSA) is 228 Å². The standard InChI is InChI=1S/C70H137NO13/c1-3-5-7-9-11-13-15-17-19-21-23-25-27-29-31-33-35-37-39-41-43-45-47-49-51-53-59(74)58(57-81-69-67(80)65(78)68(61(56-73)83-69)84-70-66(79)64(77)63(76)60(55-72)82-70)71-62(75)54-52-50-48-46-44-42-40-38-36-34-32-30-28-26-24-22-20-18-16-14-12-10-8-6-4-2/h58-61,63-70,72-74,76-80H,3-57H2,1-2H3,(H,71,75). The van der Waals surface area contributed by atoms with Crippen LogP contribution in [0.3, 0.4) is 0 Å². The average Bonchev–Trinajstić information content (AvgIpc) is 3.18. The molecule has 2 aliphatic heterocycles. The van der Waals surface area contributed by atoms with E-state index in [4.69, 9.17) is 18.9 Å². The van der Waals surface area contributed by atoms with Crippen LogP contribution in [-0.4, -0.2) is 140 Å². The quantitative estimate of drug-likeness (QED) is 0.0259. The molecule has 84 heavy (non-hydrogen) atoms. The molecule has 0 aromatic carbocycles. The zero-order valence-electron chi connectivity index (χ0n) is 54.4. The molecule has 2 fully saturated rings. The summed E-state index contributed by atoms with van der Waals surface area (Å²) >= 11 is 0. The van der Waals surface area contributed by atoms with Crippen LogP contribution in [-0.2, 0) is 23.7 Å². The van der Waals surface area contributed by atoms with Crippen LogP contribution in [0.15, 0.2) is 0 Å². The first-order chi connectivity index (χ1) is 41.1. The van der Waals surface area contributed by atoms with Crippen LogP contribution >= 0.6 is 0 Å². The van der Waals surface area contributed by atoms with Crippen LogP contribution in [0.1, 0.15) is 348 Å². The Kier molecular flexibility index (Phi) is 52.7. The summed E-state index contributed by atoms with van der Waals surface area (Å²) in [4.78, 5) is 13.4. The normalized spacial score (nSPS) is 23.5. The number of rotatable bonds is 61. The van der Waals surface area contributed by atoms with Gasteiger partial charge in [-0.2, -0.15) is 0 Å². The van der Waals surface area contributed by atoms with Gasteiger partial charge in [0.1, 0.15) is 48.8 Å². The molecule has 9 N–H and O–H groups in total. The number of unbranched alkanes of at least 4 members (excludes halogenated alkanes) is 48. The first kappa shape index (κ1) is 79.1. The van der Waals surface area contributed by atoms with E-state index in [1.54, 1.807) is 0 Å².